The van der Waals surface area contributed by atoms with Gasteiger partial charge in [0, 0.05) is 12.2 Å². The van der Waals surface area contributed by atoms with Crippen LogP contribution in [0, 0.1) is 0 Å². The Labute approximate surface area is 139 Å². The summed E-state index contributed by atoms with van der Waals surface area (Å²) >= 11 is 0. The Hall–Kier alpha value is -1.97. The number of hydrogen-bond donors (Lipinski definition) is 2. The van der Waals surface area contributed by atoms with Gasteiger partial charge in [-0.1, -0.05) is 18.6 Å². The molecule has 4 nitrogen and oxygen atoms in total. The van der Waals surface area contributed by atoms with Crippen LogP contribution in [0.25, 0.3) is 0 Å². The Kier molecular flexibility index (Phi) is 7.50. The molecule has 1 aromatic carbocycles. The highest BCUT2D eigenvalue weighted by Crippen LogP contribution is 2.19. The van der Waals surface area contributed by atoms with Gasteiger partial charge in [0.25, 0.3) is 0 Å². The number of hydrogen-bond acceptors (Lipinski definition) is 3. The van der Waals surface area contributed by atoms with Crippen LogP contribution < -0.4 is 15.4 Å². The minimum absolute atomic E-state index is 0.0349. The molecule has 0 bridgehead atoms. The van der Waals surface area contributed by atoms with E-state index in [4.69, 9.17) is 4.74 Å². The van der Waals surface area contributed by atoms with Crippen LogP contribution in [0.1, 0.15) is 45.4 Å². The third-order valence-corrected chi connectivity index (χ3v) is 3.93. The first-order valence-corrected chi connectivity index (χ1v) is 8.69. The zero-order valence-corrected chi connectivity index (χ0v) is 14.1. The zero-order chi connectivity index (χ0) is 16.3. The van der Waals surface area contributed by atoms with Crippen LogP contribution in [-0.4, -0.2) is 25.6 Å². The van der Waals surface area contributed by atoms with Crippen LogP contribution in [0.4, 0.5) is 5.69 Å². The average molecular weight is 316 g/mol. The van der Waals surface area contributed by atoms with Gasteiger partial charge in [0.05, 0.1) is 13.2 Å². The number of rotatable bonds is 9. The van der Waals surface area contributed by atoms with Gasteiger partial charge in [-0.15, -0.1) is 0 Å². The minimum atomic E-state index is 0.0349. The van der Waals surface area contributed by atoms with E-state index < -0.39 is 0 Å². The smallest absolute Gasteiger partial charge is 0.239 e. The van der Waals surface area contributed by atoms with Crippen molar-refractivity contribution in [1.82, 2.24) is 5.32 Å². The van der Waals surface area contributed by atoms with Gasteiger partial charge in [0.1, 0.15) is 5.75 Å². The summed E-state index contributed by atoms with van der Waals surface area (Å²) in [7, 11) is 0. The van der Waals surface area contributed by atoms with Crippen molar-refractivity contribution in [3.05, 3.63) is 35.9 Å². The van der Waals surface area contributed by atoms with Crippen molar-refractivity contribution in [3.8, 4) is 5.75 Å². The van der Waals surface area contributed by atoms with E-state index in [0.717, 1.165) is 37.4 Å². The summed E-state index contributed by atoms with van der Waals surface area (Å²) < 4.78 is 5.53. The first-order valence-electron chi connectivity index (χ1n) is 8.69. The maximum Gasteiger partial charge on any atom is 0.239 e. The van der Waals surface area contributed by atoms with Crippen molar-refractivity contribution in [2.45, 2.75) is 45.4 Å². The van der Waals surface area contributed by atoms with Crippen LogP contribution in [0.5, 0.6) is 5.75 Å². The van der Waals surface area contributed by atoms with E-state index in [9.17, 15) is 4.79 Å². The van der Waals surface area contributed by atoms with Gasteiger partial charge >= 0.3 is 0 Å². The third kappa shape index (κ3) is 6.76. The zero-order valence-electron chi connectivity index (χ0n) is 14.1. The fourth-order valence-corrected chi connectivity index (χ4v) is 2.63. The molecule has 0 atom stereocenters. The standard InChI is InChI=1S/C19H28N2O2/c1-2-14-23-18-10-8-17(9-11-18)21-15-19(22)20-13-12-16-6-4-3-5-7-16/h6,8-11,21H,2-5,7,12-15H2,1H3,(H,20,22). The maximum atomic E-state index is 11.8. The van der Waals surface area contributed by atoms with Crippen LogP contribution in [-0.2, 0) is 4.79 Å². The molecule has 0 unspecified atom stereocenters. The Balaban J connectivity index is 1.62. The highest BCUT2D eigenvalue weighted by atomic mass is 16.5. The predicted molar refractivity (Wildman–Crippen MR) is 94.9 cm³/mol. The van der Waals surface area contributed by atoms with Gasteiger partial charge in [-0.2, -0.15) is 0 Å². The highest BCUT2D eigenvalue weighted by molar-refractivity contribution is 5.80. The molecule has 1 aromatic rings. The third-order valence-electron chi connectivity index (χ3n) is 3.93. The number of anilines is 1. The summed E-state index contributed by atoms with van der Waals surface area (Å²) in [4.78, 5) is 11.8. The number of amides is 1. The topological polar surface area (TPSA) is 50.4 Å². The molecule has 2 rings (SSSR count). The molecule has 0 spiro atoms. The first-order chi connectivity index (χ1) is 11.3. The Bertz CT molecular complexity index is 509. The van der Waals surface area contributed by atoms with E-state index in [1.165, 1.54) is 31.3 Å². The molecule has 23 heavy (non-hydrogen) atoms. The molecular weight excluding hydrogens is 288 g/mol. The molecular formula is C19H28N2O2. The van der Waals surface area contributed by atoms with E-state index >= 15 is 0 Å². The molecule has 1 aliphatic carbocycles. The molecule has 0 fully saturated rings. The van der Waals surface area contributed by atoms with Gasteiger partial charge in [-0.05, 0) is 62.8 Å². The number of ether oxygens (including phenoxy) is 1. The first kappa shape index (κ1) is 17.4. The van der Waals surface area contributed by atoms with Crippen LogP contribution in [0.2, 0.25) is 0 Å². The summed E-state index contributed by atoms with van der Waals surface area (Å²) in [6.07, 6.45) is 9.30. The molecule has 0 aromatic heterocycles. The lowest BCUT2D eigenvalue weighted by Crippen LogP contribution is -2.30. The quantitative estimate of drug-likeness (QED) is 0.679. The predicted octanol–water partition coefficient (Wildman–Crippen LogP) is 3.89. The number of carbonyl (C=O) groups is 1. The van der Waals surface area contributed by atoms with E-state index in [0.29, 0.717) is 6.54 Å². The van der Waals surface area contributed by atoms with Crippen molar-refractivity contribution in [2.24, 2.45) is 0 Å². The summed E-state index contributed by atoms with van der Waals surface area (Å²) in [6, 6.07) is 7.72. The van der Waals surface area contributed by atoms with Gasteiger partial charge in [-0.25, -0.2) is 0 Å². The Morgan fingerprint density at radius 1 is 1.22 bits per heavy atom. The summed E-state index contributed by atoms with van der Waals surface area (Å²) in [5, 5.41) is 6.11. The van der Waals surface area contributed by atoms with Crippen molar-refractivity contribution >= 4 is 11.6 Å². The molecule has 1 amide bonds. The average Bonchev–Trinajstić information content (AvgIpc) is 2.60. The fraction of sp³-hybridized carbons (Fsp3) is 0.526. The maximum absolute atomic E-state index is 11.8. The largest absolute Gasteiger partial charge is 0.494 e. The number of benzene rings is 1. The highest BCUT2D eigenvalue weighted by Gasteiger charge is 2.05. The van der Waals surface area contributed by atoms with Crippen molar-refractivity contribution in [1.29, 1.82) is 0 Å². The number of nitrogens with one attached hydrogen (secondary N) is 2. The number of carbonyl (C=O) groups excluding carboxylic acids is 1. The van der Waals surface area contributed by atoms with E-state index in [-0.39, 0.29) is 5.91 Å². The van der Waals surface area contributed by atoms with Crippen LogP contribution in [0.15, 0.2) is 35.9 Å². The van der Waals surface area contributed by atoms with Crippen molar-refractivity contribution < 1.29 is 9.53 Å². The van der Waals surface area contributed by atoms with Gasteiger partial charge in [0.2, 0.25) is 5.91 Å². The minimum Gasteiger partial charge on any atom is -0.494 e. The molecule has 126 valence electrons. The summed E-state index contributed by atoms with van der Waals surface area (Å²) in [6.45, 7) is 3.84. The van der Waals surface area contributed by atoms with Gasteiger partial charge < -0.3 is 15.4 Å². The normalized spacial score (nSPS) is 14.0. The second-order valence-corrected chi connectivity index (χ2v) is 5.93. The summed E-state index contributed by atoms with van der Waals surface area (Å²) in [5.74, 6) is 0.898. The Morgan fingerprint density at radius 2 is 2.04 bits per heavy atom. The van der Waals surface area contributed by atoms with Crippen molar-refractivity contribution in [3.63, 3.8) is 0 Å². The lowest BCUT2D eigenvalue weighted by Gasteiger charge is -2.13. The monoisotopic (exact) mass is 316 g/mol. The van der Waals surface area contributed by atoms with Crippen molar-refractivity contribution in [2.75, 3.05) is 25.0 Å². The lowest BCUT2D eigenvalue weighted by atomic mass is 9.97. The number of allylic oxidation sites excluding steroid dienone is 1. The molecule has 1 aliphatic rings. The molecule has 0 saturated carbocycles. The molecule has 0 heterocycles. The fourth-order valence-electron chi connectivity index (χ4n) is 2.63. The van der Waals surface area contributed by atoms with Crippen LogP contribution >= 0.6 is 0 Å². The molecule has 0 saturated heterocycles. The van der Waals surface area contributed by atoms with Crippen LogP contribution in [0.3, 0.4) is 0 Å². The van der Waals surface area contributed by atoms with E-state index in [1.54, 1.807) is 0 Å². The second kappa shape index (κ2) is 9.93. The van der Waals surface area contributed by atoms with Gasteiger partial charge in [0.15, 0.2) is 0 Å². The molecule has 2 N–H and O–H groups in total. The molecule has 4 heteroatoms. The van der Waals surface area contributed by atoms with E-state index in [1.807, 2.05) is 24.3 Å². The Morgan fingerprint density at radius 3 is 2.74 bits per heavy atom. The molecule has 0 aliphatic heterocycles. The lowest BCUT2D eigenvalue weighted by molar-refractivity contribution is -0.119. The molecule has 0 radical (unpaired) electrons. The SMILES string of the molecule is CCCOc1ccc(NCC(=O)NCCC2=CCCCC2)cc1. The van der Waals surface area contributed by atoms with Gasteiger partial charge in [-0.3, -0.25) is 4.79 Å². The van der Waals surface area contributed by atoms with E-state index in [2.05, 4.69) is 23.6 Å². The summed E-state index contributed by atoms with van der Waals surface area (Å²) in [5.41, 5.74) is 2.42. The second-order valence-electron chi connectivity index (χ2n) is 5.93.